The molecule has 1 aliphatic heterocycles. The van der Waals surface area contributed by atoms with Crippen molar-refractivity contribution in [2.75, 3.05) is 18.8 Å². The van der Waals surface area contributed by atoms with E-state index in [0.29, 0.717) is 19.7 Å². The van der Waals surface area contributed by atoms with Crippen molar-refractivity contribution < 1.29 is 19.0 Å². The normalized spacial score (nSPS) is 15.1. The van der Waals surface area contributed by atoms with Crippen LogP contribution in [0.4, 0.5) is 10.5 Å². The molecule has 0 saturated carbocycles. The highest BCUT2D eigenvalue weighted by Crippen LogP contribution is 2.24. The molecule has 2 N–H and O–H groups in total. The van der Waals surface area contributed by atoms with Crippen LogP contribution in [-0.4, -0.2) is 35.8 Å². The zero-order valence-electron chi connectivity index (χ0n) is 17.4. The second kappa shape index (κ2) is 9.07. The number of nitrogen functional groups attached to an aromatic ring is 1. The standard InChI is InChI=1S/C23H30N2O4/c1-23(2,3)29-22(26)25-14-12-20(13-15-25)28-19-10-8-18(9-11-19)27-16-17-6-4-5-7-21(17)24/h4-11,20H,12-16,24H2,1-3H3. The molecular formula is C23H30N2O4. The SMILES string of the molecule is CC(C)(C)OC(=O)N1CCC(Oc2ccc(OCc3ccccc3N)cc2)CC1. The average molecular weight is 399 g/mol. The second-order valence-electron chi connectivity index (χ2n) is 8.24. The molecule has 0 bridgehead atoms. The summed E-state index contributed by atoms with van der Waals surface area (Å²) in [5.41, 5.74) is 7.16. The van der Waals surface area contributed by atoms with Crippen molar-refractivity contribution in [3.05, 3.63) is 54.1 Å². The summed E-state index contributed by atoms with van der Waals surface area (Å²) >= 11 is 0. The molecule has 1 aliphatic rings. The largest absolute Gasteiger partial charge is 0.490 e. The van der Waals surface area contributed by atoms with Gasteiger partial charge >= 0.3 is 6.09 Å². The van der Waals surface area contributed by atoms with E-state index in [1.807, 2.05) is 69.3 Å². The van der Waals surface area contributed by atoms with Gasteiger partial charge < -0.3 is 24.8 Å². The molecule has 1 amide bonds. The van der Waals surface area contributed by atoms with Gasteiger partial charge in [0.15, 0.2) is 0 Å². The number of piperidine rings is 1. The lowest BCUT2D eigenvalue weighted by atomic mass is 10.1. The zero-order chi connectivity index (χ0) is 20.9. The predicted molar refractivity (Wildman–Crippen MR) is 113 cm³/mol. The Morgan fingerprint density at radius 3 is 2.28 bits per heavy atom. The number of anilines is 1. The van der Waals surface area contributed by atoms with Crippen molar-refractivity contribution in [3.8, 4) is 11.5 Å². The summed E-state index contributed by atoms with van der Waals surface area (Å²) in [4.78, 5) is 13.9. The van der Waals surface area contributed by atoms with E-state index < -0.39 is 5.60 Å². The van der Waals surface area contributed by atoms with Crippen molar-refractivity contribution in [3.63, 3.8) is 0 Å². The van der Waals surface area contributed by atoms with Crippen molar-refractivity contribution >= 4 is 11.8 Å². The Labute approximate surface area is 172 Å². The van der Waals surface area contributed by atoms with E-state index in [-0.39, 0.29) is 12.2 Å². The summed E-state index contributed by atoms with van der Waals surface area (Å²) in [6.45, 7) is 7.34. The Hall–Kier alpha value is -2.89. The lowest BCUT2D eigenvalue weighted by Crippen LogP contribution is -2.44. The van der Waals surface area contributed by atoms with E-state index in [4.69, 9.17) is 19.9 Å². The van der Waals surface area contributed by atoms with Crippen LogP contribution in [0.1, 0.15) is 39.2 Å². The molecule has 0 aromatic heterocycles. The average Bonchev–Trinajstić information content (AvgIpc) is 2.68. The third kappa shape index (κ3) is 6.31. The smallest absolute Gasteiger partial charge is 0.410 e. The lowest BCUT2D eigenvalue weighted by Gasteiger charge is -2.33. The van der Waals surface area contributed by atoms with Gasteiger partial charge in [-0.15, -0.1) is 0 Å². The van der Waals surface area contributed by atoms with Gasteiger partial charge in [0, 0.05) is 37.2 Å². The summed E-state index contributed by atoms with van der Waals surface area (Å²) < 4.78 is 17.3. The summed E-state index contributed by atoms with van der Waals surface area (Å²) in [6.07, 6.45) is 1.40. The minimum absolute atomic E-state index is 0.0876. The highest BCUT2D eigenvalue weighted by molar-refractivity contribution is 5.68. The molecule has 3 rings (SSSR count). The van der Waals surface area contributed by atoms with E-state index in [9.17, 15) is 4.79 Å². The minimum Gasteiger partial charge on any atom is -0.490 e. The number of ether oxygens (including phenoxy) is 3. The quantitative estimate of drug-likeness (QED) is 0.744. The van der Waals surface area contributed by atoms with Crippen LogP contribution in [0.5, 0.6) is 11.5 Å². The Balaban J connectivity index is 1.45. The molecule has 0 spiro atoms. The fourth-order valence-corrected chi connectivity index (χ4v) is 3.12. The maximum absolute atomic E-state index is 12.1. The molecule has 2 aromatic carbocycles. The topological polar surface area (TPSA) is 74.0 Å². The number of hydrogen-bond donors (Lipinski definition) is 1. The first-order valence-electron chi connectivity index (χ1n) is 10.0. The van der Waals surface area contributed by atoms with Gasteiger partial charge in [-0.2, -0.15) is 0 Å². The van der Waals surface area contributed by atoms with Crippen LogP contribution in [-0.2, 0) is 11.3 Å². The monoisotopic (exact) mass is 398 g/mol. The van der Waals surface area contributed by atoms with E-state index >= 15 is 0 Å². The van der Waals surface area contributed by atoms with Gasteiger partial charge in [0.25, 0.3) is 0 Å². The molecule has 2 aromatic rings. The van der Waals surface area contributed by atoms with E-state index in [0.717, 1.165) is 35.6 Å². The number of carbonyl (C=O) groups is 1. The fraction of sp³-hybridized carbons (Fsp3) is 0.435. The Morgan fingerprint density at radius 1 is 1.03 bits per heavy atom. The van der Waals surface area contributed by atoms with Crippen molar-refractivity contribution in [2.24, 2.45) is 0 Å². The number of para-hydroxylation sites is 1. The number of likely N-dealkylation sites (tertiary alicyclic amines) is 1. The molecule has 0 atom stereocenters. The maximum atomic E-state index is 12.1. The molecule has 29 heavy (non-hydrogen) atoms. The summed E-state index contributed by atoms with van der Waals surface area (Å²) in [7, 11) is 0. The summed E-state index contributed by atoms with van der Waals surface area (Å²) in [5, 5.41) is 0. The number of nitrogens with zero attached hydrogens (tertiary/aromatic N) is 1. The number of rotatable bonds is 5. The molecule has 0 radical (unpaired) electrons. The summed E-state index contributed by atoms with van der Waals surface area (Å²) in [5.74, 6) is 1.56. The molecule has 6 nitrogen and oxygen atoms in total. The highest BCUT2D eigenvalue weighted by atomic mass is 16.6. The molecule has 1 fully saturated rings. The van der Waals surface area contributed by atoms with E-state index in [1.165, 1.54) is 0 Å². The minimum atomic E-state index is -0.472. The Morgan fingerprint density at radius 2 is 1.66 bits per heavy atom. The molecule has 1 saturated heterocycles. The molecule has 0 unspecified atom stereocenters. The fourth-order valence-electron chi connectivity index (χ4n) is 3.12. The van der Waals surface area contributed by atoms with Crippen molar-refractivity contribution in [1.82, 2.24) is 4.90 Å². The Bertz CT molecular complexity index is 806. The number of nitrogens with two attached hydrogens (primary N) is 1. The molecule has 6 heteroatoms. The maximum Gasteiger partial charge on any atom is 0.410 e. The predicted octanol–water partition coefficient (Wildman–Crippen LogP) is 4.63. The van der Waals surface area contributed by atoms with Gasteiger partial charge in [-0.3, -0.25) is 0 Å². The van der Waals surface area contributed by atoms with Crippen LogP contribution < -0.4 is 15.2 Å². The van der Waals surface area contributed by atoms with Crippen LogP contribution in [0.2, 0.25) is 0 Å². The van der Waals surface area contributed by atoms with Crippen LogP contribution in [0, 0.1) is 0 Å². The van der Waals surface area contributed by atoms with Crippen LogP contribution in [0.15, 0.2) is 48.5 Å². The van der Waals surface area contributed by atoms with Crippen molar-refractivity contribution in [1.29, 1.82) is 0 Å². The first-order valence-corrected chi connectivity index (χ1v) is 10.0. The van der Waals surface area contributed by atoms with Gasteiger partial charge in [0.2, 0.25) is 0 Å². The lowest BCUT2D eigenvalue weighted by molar-refractivity contribution is 0.0126. The van der Waals surface area contributed by atoms with Crippen LogP contribution in [0.3, 0.4) is 0 Å². The molecule has 156 valence electrons. The molecular weight excluding hydrogens is 368 g/mol. The van der Waals surface area contributed by atoms with Crippen molar-refractivity contribution in [2.45, 2.75) is 51.9 Å². The van der Waals surface area contributed by atoms with Gasteiger partial charge in [0.05, 0.1) is 0 Å². The van der Waals surface area contributed by atoms with Gasteiger partial charge in [-0.1, -0.05) is 18.2 Å². The first kappa shape index (κ1) is 20.8. The zero-order valence-corrected chi connectivity index (χ0v) is 17.4. The van der Waals surface area contributed by atoms with E-state index in [1.54, 1.807) is 4.90 Å². The van der Waals surface area contributed by atoms with Crippen LogP contribution >= 0.6 is 0 Å². The Kier molecular flexibility index (Phi) is 6.52. The van der Waals surface area contributed by atoms with Gasteiger partial charge in [-0.05, 0) is 51.1 Å². The first-order chi connectivity index (χ1) is 13.8. The molecule has 0 aliphatic carbocycles. The van der Waals surface area contributed by atoms with E-state index in [2.05, 4.69) is 0 Å². The number of carbonyl (C=O) groups excluding carboxylic acids is 1. The highest BCUT2D eigenvalue weighted by Gasteiger charge is 2.27. The number of hydrogen-bond acceptors (Lipinski definition) is 5. The third-order valence-corrected chi connectivity index (χ3v) is 4.67. The van der Waals surface area contributed by atoms with Gasteiger partial charge in [0.1, 0.15) is 29.8 Å². The number of amides is 1. The third-order valence-electron chi connectivity index (χ3n) is 4.67. The van der Waals surface area contributed by atoms with Gasteiger partial charge in [-0.25, -0.2) is 4.79 Å². The molecule has 1 heterocycles. The van der Waals surface area contributed by atoms with Crippen LogP contribution in [0.25, 0.3) is 0 Å². The summed E-state index contributed by atoms with van der Waals surface area (Å²) in [6, 6.07) is 15.3. The number of benzene rings is 2. The second-order valence-corrected chi connectivity index (χ2v) is 8.24.